The van der Waals surface area contributed by atoms with E-state index in [1.165, 1.54) is 11.8 Å². The Morgan fingerprint density at radius 3 is 2.14 bits per heavy atom. The zero-order valence-corrected chi connectivity index (χ0v) is 22.2. The van der Waals surface area contributed by atoms with E-state index in [9.17, 15) is 10.1 Å². The third-order valence-electron chi connectivity index (χ3n) is 6.08. The monoisotopic (exact) mass is 507 g/mol. The number of hydrogen-bond donors (Lipinski definition) is 1. The molecule has 0 fully saturated rings. The van der Waals surface area contributed by atoms with E-state index in [0.717, 1.165) is 44.9 Å². The number of nitriles is 1. The molecule has 1 heterocycles. The first-order valence-electron chi connectivity index (χ1n) is 12.1. The highest BCUT2D eigenvalue weighted by Crippen LogP contribution is 2.37. The Morgan fingerprint density at radius 1 is 0.973 bits per heavy atom. The SMILES string of the molecule is CCC(Sc1nc(-c2ccc(OC)cc2)cc(-c2ccc(C)cc2)c1C#N)C(=O)Nc1ccc(C)cc1. The van der Waals surface area contributed by atoms with Crippen LogP contribution in [0.1, 0.15) is 30.0 Å². The van der Waals surface area contributed by atoms with Gasteiger partial charge in [0.15, 0.2) is 0 Å². The van der Waals surface area contributed by atoms with Gasteiger partial charge < -0.3 is 10.1 Å². The van der Waals surface area contributed by atoms with Crippen LogP contribution in [0.15, 0.2) is 83.9 Å². The maximum absolute atomic E-state index is 13.2. The number of nitrogens with zero attached hydrogens (tertiary/aromatic N) is 2. The van der Waals surface area contributed by atoms with Gasteiger partial charge in [-0.2, -0.15) is 5.26 Å². The average Bonchev–Trinajstić information content (AvgIpc) is 2.92. The minimum absolute atomic E-state index is 0.117. The van der Waals surface area contributed by atoms with Gasteiger partial charge in [0, 0.05) is 16.8 Å². The molecule has 1 aromatic heterocycles. The Hall–Kier alpha value is -4.08. The van der Waals surface area contributed by atoms with Gasteiger partial charge in [0.2, 0.25) is 5.91 Å². The van der Waals surface area contributed by atoms with Gasteiger partial charge in [-0.1, -0.05) is 66.2 Å². The smallest absolute Gasteiger partial charge is 0.237 e. The number of anilines is 1. The van der Waals surface area contributed by atoms with Crippen molar-refractivity contribution in [2.75, 3.05) is 12.4 Å². The van der Waals surface area contributed by atoms with Crippen molar-refractivity contribution in [1.29, 1.82) is 5.26 Å². The van der Waals surface area contributed by atoms with Crippen molar-refractivity contribution in [3.8, 4) is 34.2 Å². The molecule has 0 spiro atoms. The third-order valence-corrected chi connectivity index (χ3v) is 7.43. The maximum Gasteiger partial charge on any atom is 0.237 e. The molecule has 0 aliphatic carbocycles. The van der Waals surface area contributed by atoms with Crippen LogP contribution in [0.4, 0.5) is 5.69 Å². The summed E-state index contributed by atoms with van der Waals surface area (Å²) in [6.07, 6.45) is 0.585. The Bertz CT molecular complexity index is 1420. The molecule has 5 nitrogen and oxygen atoms in total. The van der Waals surface area contributed by atoms with E-state index < -0.39 is 5.25 Å². The van der Waals surface area contributed by atoms with E-state index in [-0.39, 0.29) is 5.91 Å². The van der Waals surface area contributed by atoms with Crippen LogP contribution in [0.5, 0.6) is 5.75 Å². The number of methoxy groups -OCH3 is 1. The summed E-state index contributed by atoms with van der Waals surface area (Å²) in [5, 5.41) is 13.3. The largest absolute Gasteiger partial charge is 0.497 e. The van der Waals surface area contributed by atoms with Crippen molar-refractivity contribution in [3.63, 3.8) is 0 Å². The molecule has 3 aromatic carbocycles. The molecule has 4 aromatic rings. The average molecular weight is 508 g/mol. The summed E-state index contributed by atoms with van der Waals surface area (Å²) in [6.45, 7) is 6.00. The number of carbonyl (C=O) groups is 1. The van der Waals surface area contributed by atoms with Gasteiger partial charge in [0.1, 0.15) is 16.8 Å². The summed E-state index contributed by atoms with van der Waals surface area (Å²) in [5.41, 5.74) is 6.83. The Morgan fingerprint density at radius 2 is 1.57 bits per heavy atom. The molecular weight excluding hydrogens is 478 g/mol. The number of nitrogens with one attached hydrogen (secondary N) is 1. The van der Waals surface area contributed by atoms with Crippen LogP contribution in [0.3, 0.4) is 0 Å². The van der Waals surface area contributed by atoms with Crippen LogP contribution in [0.2, 0.25) is 0 Å². The first-order chi connectivity index (χ1) is 17.9. The summed E-state index contributed by atoms with van der Waals surface area (Å²) >= 11 is 1.33. The number of aromatic nitrogens is 1. The van der Waals surface area contributed by atoms with Crippen LogP contribution in [-0.4, -0.2) is 23.3 Å². The second-order valence-corrected chi connectivity index (χ2v) is 10.0. The summed E-state index contributed by atoms with van der Waals surface area (Å²) in [6, 6.07) is 27.8. The van der Waals surface area contributed by atoms with Crippen LogP contribution in [0, 0.1) is 25.2 Å². The zero-order chi connectivity index (χ0) is 26.4. The fourth-order valence-corrected chi connectivity index (χ4v) is 4.93. The first kappa shape index (κ1) is 26.0. The molecule has 186 valence electrons. The van der Waals surface area contributed by atoms with Crippen LogP contribution in [-0.2, 0) is 4.79 Å². The lowest BCUT2D eigenvalue weighted by Crippen LogP contribution is -2.24. The fourth-order valence-electron chi connectivity index (χ4n) is 3.90. The maximum atomic E-state index is 13.2. The van der Waals surface area contributed by atoms with Crippen molar-refractivity contribution in [3.05, 3.63) is 95.6 Å². The summed E-state index contributed by atoms with van der Waals surface area (Å²) < 4.78 is 5.31. The molecule has 0 bridgehead atoms. The number of benzene rings is 3. The molecule has 0 aliphatic heterocycles. The van der Waals surface area contributed by atoms with Gasteiger partial charge in [-0.3, -0.25) is 4.79 Å². The Kier molecular flexibility index (Phi) is 8.27. The van der Waals surface area contributed by atoms with Crippen molar-refractivity contribution >= 4 is 23.4 Å². The molecule has 0 radical (unpaired) electrons. The van der Waals surface area contributed by atoms with Gasteiger partial charge in [0.05, 0.1) is 23.6 Å². The van der Waals surface area contributed by atoms with E-state index in [1.54, 1.807) is 7.11 Å². The number of pyridine rings is 1. The van der Waals surface area contributed by atoms with E-state index in [1.807, 2.05) is 99.6 Å². The Labute approximate surface area is 222 Å². The third kappa shape index (κ3) is 6.19. The Balaban J connectivity index is 1.76. The quantitative estimate of drug-likeness (QED) is 0.251. The molecule has 1 atom stereocenters. The lowest BCUT2D eigenvalue weighted by atomic mass is 9.98. The van der Waals surface area contributed by atoms with Gasteiger partial charge in [-0.05, 0) is 68.3 Å². The molecule has 0 saturated heterocycles. The van der Waals surface area contributed by atoms with Crippen LogP contribution < -0.4 is 10.1 Å². The van der Waals surface area contributed by atoms with Crippen molar-refractivity contribution < 1.29 is 9.53 Å². The first-order valence-corrected chi connectivity index (χ1v) is 13.0. The summed E-state index contributed by atoms with van der Waals surface area (Å²) in [7, 11) is 1.63. The normalized spacial score (nSPS) is 11.4. The van der Waals surface area contributed by atoms with E-state index in [0.29, 0.717) is 17.0 Å². The molecule has 1 unspecified atom stereocenters. The predicted molar refractivity (Wildman–Crippen MR) is 151 cm³/mol. The number of aryl methyl sites for hydroxylation is 2. The summed E-state index contributed by atoms with van der Waals surface area (Å²) in [4.78, 5) is 18.1. The van der Waals surface area contributed by atoms with Gasteiger partial charge in [-0.25, -0.2) is 4.98 Å². The van der Waals surface area contributed by atoms with Gasteiger partial charge in [0.25, 0.3) is 0 Å². The lowest BCUT2D eigenvalue weighted by molar-refractivity contribution is -0.115. The highest BCUT2D eigenvalue weighted by atomic mass is 32.2. The number of thioether (sulfide) groups is 1. The number of carbonyl (C=O) groups excluding carboxylic acids is 1. The second-order valence-electron chi connectivity index (χ2n) is 8.81. The van der Waals surface area contributed by atoms with Gasteiger partial charge in [-0.15, -0.1) is 0 Å². The standard InChI is InChI=1S/C31H29N3O2S/c1-5-29(30(35)33-24-14-8-21(3)9-15-24)37-31-27(19-32)26(22-10-6-20(2)7-11-22)18-28(34-31)23-12-16-25(36-4)17-13-23/h6-18,29H,5H2,1-4H3,(H,33,35). The molecule has 0 saturated carbocycles. The molecular formula is C31H29N3O2S. The minimum Gasteiger partial charge on any atom is -0.497 e. The molecule has 6 heteroatoms. The van der Waals surface area contributed by atoms with Crippen LogP contribution in [0.25, 0.3) is 22.4 Å². The fraction of sp³-hybridized carbons (Fsp3) is 0.194. The van der Waals surface area contributed by atoms with Crippen molar-refractivity contribution in [1.82, 2.24) is 4.98 Å². The van der Waals surface area contributed by atoms with Gasteiger partial charge >= 0.3 is 0 Å². The summed E-state index contributed by atoms with van der Waals surface area (Å²) in [5.74, 6) is 0.637. The predicted octanol–water partition coefficient (Wildman–Crippen LogP) is 7.42. The number of rotatable bonds is 8. The van der Waals surface area contributed by atoms with E-state index in [2.05, 4.69) is 11.4 Å². The molecule has 37 heavy (non-hydrogen) atoms. The van der Waals surface area contributed by atoms with E-state index >= 15 is 0 Å². The van der Waals surface area contributed by atoms with Crippen molar-refractivity contribution in [2.24, 2.45) is 0 Å². The topological polar surface area (TPSA) is 75.0 Å². The lowest BCUT2D eigenvalue weighted by Gasteiger charge is -2.18. The zero-order valence-electron chi connectivity index (χ0n) is 21.4. The van der Waals surface area contributed by atoms with Crippen LogP contribution >= 0.6 is 11.8 Å². The van der Waals surface area contributed by atoms with E-state index in [4.69, 9.17) is 9.72 Å². The molecule has 1 amide bonds. The molecule has 4 rings (SSSR count). The highest BCUT2D eigenvalue weighted by Gasteiger charge is 2.23. The molecule has 0 aliphatic rings. The second kappa shape index (κ2) is 11.8. The number of ether oxygens (including phenoxy) is 1. The number of amides is 1. The minimum atomic E-state index is -0.419. The number of hydrogen-bond acceptors (Lipinski definition) is 5. The van der Waals surface area contributed by atoms with Crippen molar-refractivity contribution in [2.45, 2.75) is 37.5 Å². The molecule has 1 N–H and O–H groups in total. The highest BCUT2D eigenvalue weighted by molar-refractivity contribution is 8.00.